The van der Waals surface area contributed by atoms with Crippen LogP contribution in [-0.4, -0.2) is 24.7 Å². The zero-order chi connectivity index (χ0) is 30.9. The molecule has 0 unspecified atom stereocenters. The van der Waals surface area contributed by atoms with Crippen LogP contribution >= 0.6 is 0 Å². The van der Waals surface area contributed by atoms with Crippen molar-refractivity contribution in [2.24, 2.45) is 0 Å². The van der Waals surface area contributed by atoms with Crippen molar-refractivity contribution in [3.8, 4) is 0 Å². The fraction of sp³-hybridized carbons (Fsp3) is 0.556. The molecule has 3 aliphatic rings. The maximum Gasteiger partial charge on any atom is -1.00 e. The van der Waals surface area contributed by atoms with Gasteiger partial charge in [-0.2, -0.15) is 0 Å². The molecule has 0 amide bonds. The molecule has 5 rings (SSSR count). The first kappa shape index (κ1) is 38.1. The summed E-state index contributed by atoms with van der Waals surface area (Å²) in [5.41, 5.74) is 5.98. The summed E-state index contributed by atoms with van der Waals surface area (Å²) < 4.78 is 16.3. The van der Waals surface area contributed by atoms with Gasteiger partial charge in [0.05, 0.1) is 0 Å². The average Bonchev–Trinajstić information content (AvgIpc) is 3.37. The molecule has 240 valence electrons. The molecule has 0 spiro atoms. The first-order chi connectivity index (χ1) is 19.5. The molecule has 1 aliphatic heterocycles. The number of hydrogen-bond acceptors (Lipinski definition) is 2. The maximum atomic E-state index is 7.53. The van der Waals surface area contributed by atoms with Crippen molar-refractivity contribution in [3.63, 3.8) is 0 Å². The Bertz CT molecular complexity index is 1340. The summed E-state index contributed by atoms with van der Waals surface area (Å²) in [5.74, 6) is 2.59. The van der Waals surface area contributed by atoms with Gasteiger partial charge in [-0.15, -0.1) is 0 Å². The fourth-order valence-electron chi connectivity index (χ4n) is 7.58. The third-order valence-corrected chi connectivity index (χ3v) is 32.5. The number of benzene rings is 2. The summed E-state index contributed by atoms with van der Waals surface area (Å²) in [6.45, 7) is 29.6. The summed E-state index contributed by atoms with van der Waals surface area (Å²) in [7, 11) is -6.26. The summed E-state index contributed by atoms with van der Waals surface area (Å²) >= 11 is -1.27. The molecule has 2 nitrogen and oxygen atoms in total. The molecule has 2 aliphatic carbocycles. The summed E-state index contributed by atoms with van der Waals surface area (Å²) in [5, 5.41) is 3.86. The Labute approximate surface area is 295 Å². The van der Waals surface area contributed by atoms with Crippen molar-refractivity contribution < 1.29 is 56.6 Å². The van der Waals surface area contributed by atoms with E-state index in [1.165, 1.54) is 48.3 Å². The van der Waals surface area contributed by atoms with Crippen molar-refractivity contribution in [3.05, 3.63) is 81.2 Å². The zero-order valence-corrected chi connectivity index (χ0v) is 37.3. The molecule has 44 heavy (non-hydrogen) atoms. The molecule has 1 heterocycles. The van der Waals surface area contributed by atoms with E-state index in [0.29, 0.717) is 7.35 Å². The minimum atomic E-state index is -2.12. The van der Waals surface area contributed by atoms with Crippen LogP contribution in [0.1, 0.15) is 96.8 Å². The summed E-state index contributed by atoms with van der Waals surface area (Å²) in [6.07, 6.45) is 4.84. The molecule has 2 atom stereocenters. The van der Waals surface area contributed by atoms with Crippen molar-refractivity contribution in [1.82, 2.24) is 0 Å². The Hall–Kier alpha value is -0.379. The third-order valence-electron chi connectivity index (χ3n) is 11.5. The minimum absolute atomic E-state index is 0. The Morgan fingerprint density at radius 1 is 0.659 bits per heavy atom. The monoisotopic (exact) mass is 852 g/mol. The van der Waals surface area contributed by atoms with Gasteiger partial charge in [0.1, 0.15) is 0 Å². The number of rotatable bonds is 10. The molecule has 8 heteroatoms. The first-order valence-corrected chi connectivity index (χ1v) is 29.3. The predicted octanol–water partition coefficient (Wildman–Crippen LogP) is 5.41. The molecule has 0 saturated carbocycles. The van der Waals surface area contributed by atoms with E-state index < -0.39 is 47.6 Å². The Balaban J connectivity index is 0.00000264. The summed E-state index contributed by atoms with van der Waals surface area (Å²) in [4.78, 5) is 0. The van der Waals surface area contributed by atoms with E-state index in [0.717, 1.165) is 0 Å². The van der Waals surface area contributed by atoms with Crippen molar-refractivity contribution in [2.45, 2.75) is 124 Å². The van der Waals surface area contributed by atoms with Gasteiger partial charge in [0, 0.05) is 0 Å². The van der Waals surface area contributed by atoms with E-state index in [4.69, 9.17) is 8.85 Å². The molecule has 0 bridgehead atoms. The van der Waals surface area contributed by atoms with Crippen LogP contribution in [0.25, 0.3) is 11.5 Å². The molecule has 0 radical (unpaired) electrons. The third kappa shape index (κ3) is 6.16. The van der Waals surface area contributed by atoms with Gasteiger partial charge in [-0.25, -0.2) is 0 Å². The van der Waals surface area contributed by atoms with Crippen LogP contribution in [0.15, 0.2) is 58.9 Å². The van der Waals surface area contributed by atoms with Gasteiger partial charge >= 0.3 is 273 Å². The van der Waals surface area contributed by atoms with E-state index in [-0.39, 0.29) is 34.9 Å². The van der Waals surface area contributed by atoms with Crippen LogP contribution < -0.4 is 24.8 Å². The van der Waals surface area contributed by atoms with E-state index in [2.05, 4.69) is 129 Å². The second-order valence-electron chi connectivity index (χ2n) is 15.8. The zero-order valence-electron chi connectivity index (χ0n) is 29.2. The van der Waals surface area contributed by atoms with E-state index in [9.17, 15) is 0 Å². The molecular formula is C36H54Cl2HfO2Si3. The quantitative estimate of drug-likeness (QED) is 0.298. The second-order valence-corrected chi connectivity index (χ2v) is 34.6. The molecule has 0 aromatic heterocycles. The smallest absolute Gasteiger partial charge is 1.00 e. The van der Waals surface area contributed by atoms with Crippen molar-refractivity contribution in [1.29, 1.82) is 0 Å². The van der Waals surface area contributed by atoms with E-state index >= 15 is 0 Å². The van der Waals surface area contributed by atoms with Gasteiger partial charge in [-0.1, -0.05) is 0 Å². The van der Waals surface area contributed by atoms with Gasteiger partial charge < -0.3 is 24.8 Å². The van der Waals surface area contributed by atoms with E-state index in [1.807, 2.05) is 0 Å². The topological polar surface area (TPSA) is 18.5 Å². The fourth-order valence-corrected chi connectivity index (χ4v) is 30.6. The molecule has 1 fully saturated rings. The largest absolute Gasteiger partial charge is 1.00 e. The normalized spacial score (nSPS) is 20.3. The molecule has 2 aromatic carbocycles. The Morgan fingerprint density at radius 2 is 1.00 bits per heavy atom. The van der Waals surface area contributed by atoms with Gasteiger partial charge in [0.15, 0.2) is 0 Å². The summed E-state index contributed by atoms with van der Waals surface area (Å²) in [6, 6.07) is 18.6. The molecular weight excluding hydrogens is 798 g/mol. The number of halogens is 2. The number of fused-ring (bicyclic) bond motifs is 6. The number of allylic oxidation sites excluding steroid dienone is 2. The maximum absolute atomic E-state index is 7.53. The van der Waals surface area contributed by atoms with Crippen LogP contribution in [-0.2, 0) is 31.8 Å². The average molecular weight is 852 g/mol. The Morgan fingerprint density at radius 3 is 1.34 bits per heavy atom. The van der Waals surface area contributed by atoms with Crippen LogP contribution in [0, 0.1) is 0 Å². The van der Waals surface area contributed by atoms with E-state index in [1.54, 1.807) is 21.5 Å². The molecule has 2 aromatic rings. The van der Waals surface area contributed by atoms with Gasteiger partial charge in [0.25, 0.3) is 0 Å². The Kier molecular flexibility index (Phi) is 11.5. The van der Waals surface area contributed by atoms with Gasteiger partial charge in [0.2, 0.25) is 0 Å². The van der Waals surface area contributed by atoms with Gasteiger partial charge in [-0.3, -0.25) is 0 Å². The second kappa shape index (κ2) is 13.3. The first-order valence-electron chi connectivity index (χ1n) is 16.3. The van der Waals surface area contributed by atoms with Crippen LogP contribution in [0.4, 0.5) is 0 Å². The molecule has 0 N–H and O–H groups in total. The SMILES string of the molecule is CCCC(C)(C)[Si](C)(C)OC1=C2[C@@H]([Hf+2][C@H]3C(=C(O[Si](C)(C)C(C)(C)CCC)c4ccccc43)[Si]2(C)C)c2ccccc21.[Cl-].[Cl-]. The molecule has 1 saturated heterocycles. The number of hydrogen-bond donors (Lipinski definition) is 0. The predicted molar refractivity (Wildman–Crippen MR) is 185 cm³/mol. The van der Waals surface area contributed by atoms with Crippen molar-refractivity contribution in [2.75, 3.05) is 0 Å². The van der Waals surface area contributed by atoms with Crippen LogP contribution in [0.2, 0.25) is 49.4 Å². The van der Waals surface area contributed by atoms with Crippen LogP contribution in [0.3, 0.4) is 0 Å². The van der Waals surface area contributed by atoms with Gasteiger partial charge in [-0.05, 0) is 0 Å². The standard InChI is InChI=1S/C36H54O2Si3.2ClH.Hf/c1-13-23-35(3,4)40(9,10)37-33-29-21-17-15-19-27(29)25-31(33)39(7,8)32-26-28-20-16-18-22-30(28)34(32)38-41(11,12)36(5,6)24-14-2;;;/h15-22,25-26H,13-14,23-24H2,1-12H3;2*1H;/q;;;+2/p-2. The van der Waals surface area contributed by atoms with Crippen LogP contribution in [0.5, 0.6) is 0 Å². The minimum Gasteiger partial charge on any atom is -1.00 e. The van der Waals surface area contributed by atoms with Crippen molar-refractivity contribution >= 4 is 36.2 Å².